The lowest BCUT2D eigenvalue weighted by Crippen LogP contribution is -2.46. The molecule has 190 valence electrons. The van der Waals surface area contributed by atoms with Gasteiger partial charge >= 0.3 is 0 Å². The molecule has 2 aromatic rings. The Hall–Kier alpha value is -3.59. The van der Waals surface area contributed by atoms with Crippen molar-refractivity contribution < 1.29 is 28.5 Å². The van der Waals surface area contributed by atoms with Crippen molar-refractivity contribution >= 4 is 17.5 Å². The van der Waals surface area contributed by atoms with Gasteiger partial charge in [0.1, 0.15) is 12.3 Å². The van der Waals surface area contributed by atoms with Crippen LogP contribution in [0.3, 0.4) is 0 Å². The van der Waals surface area contributed by atoms with Crippen LogP contribution in [0, 0.1) is 5.92 Å². The highest BCUT2D eigenvalue weighted by atomic mass is 16.7. The lowest BCUT2D eigenvalue weighted by molar-refractivity contribution is -0.146. The predicted octanol–water partition coefficient (Wildman–Crippen LogP) is 3.38. The Morgan fingerprint density at radius 2 is 1.86 bits per heavy atom. The van der Waals surface area contributed by atoms with E-state index >= 15 is 0 Å². The quantitative estimate of drug-likeness (QED) is 0.532. The second-order valence-electron chi connectivity index (χ2n) is 9.23. The molecule has 9 nitrogen and oxygen atoms in total. The Morgan fingerprint density at radius 1 is 1.08 bits per heavy atom. The van der Waals surface area contributed by atoms with Gasteiger partial charge in [-0.1, -0.05) is 12.5 Å². The highest BCUT2D eigenvalue weighted by Gasteiger charge is 2.36. The lowest BCUT2D eigenvalue weighted by Gasteiger charge is -2.32. The van der Waals surface area contributed by atoms with E-state index in [9.17, 15) is 9.59 Å². The standard InChI is InChI=1S/C27H31N3O6/c1-33-13-12-29(27(32)19-4-3-5-19)16-26(31)30-23(20-8-11-24-25(14-20)36-17-35-24)15-22(28-30)18-6-9-21(34-2)10-7-18/h6-11,14,19,23H,3-5,12-13,15-17H2,1-2H3. The molecule has 0 aromatic heterocycles. The van der Waals surface area contributed by atoms with Crippen molar-refractivity contribution in [1.29, 1.82) is 0 Å². The summed E-state index contributed by atoms with van der Waals surface area (Å²) in [4.78, 5) is 28.3. The Bertz CT molecular complexity index is 1140. The van der Waals surface area contributed by atoms with Crippen molar-refractivity contribution in [3.63, 3.8) is 0 Å². The number of ether oxygens (including phenoxy) is 4. The zero-order chi connectivity index (χ0) is 25.1. The number of fused-ring (bicyclic) bond motifs is 1. The summed E-state index contributed by atoms with van der Waals surface area (Å²) in [5, 5.41) is 6.27. The topological polar surface area (TPSA) is 89.9 Å². The molecule has 2 heterocycles. The summed E-state index contributed by atoms with van der Waals surface area (Å²) < 4.78 is 21.5. The van der Waals surface area contributed by atoms with Crippen LogP contribution in [0.15, 0.2) is 47.6 Å². The molecule has 36 heavy (non-hydrogen) atoms. The van der Waals surface area contributed by atoms with Gasteiger partial charge in [0.15, 0.2) is 11.5 Å². The first kappa shape index (κ1) is 24.1. The van der Waals surface area contributed by atoms with Crippen LogP contribution < -0.4 is 14.2 Å². The minimum atomic E-state index is -0.327. The normalized spacial score (nSPS) is 18.6. The van der Waals surface area contributed by atoms with E-state index < -0.39 is 0 Å². The number of benzene rings is 2. The Labute approximate surface area is 210 Å². The molecular weight excluding hydrogens is 462 g/mol. The van der Waals surface area contributed by atoms with E-state index in [4.69, 9.17) is 24.0 Å². The van der Waals surface area contributed by atoms with Crippen molar-refractivity contribution in [3.8, 4) is 17.2 Å². The van der Waals surface area contributed by atoms with E-state index in [1.54, 1.807) is 19.1 Å². The first-order valence-electron chi connectivity index (χ1n) is 12.3. The Balaban J connectivity index is 1.42. The van der Waals surface area contributed by atoms with Gasteiger partial charge in [-0.25, -0.2) is 5.01 Å². The largest absolute Gasteiger partial charge is 0.497 e. The summed E-state index contributed by atoms with van der Waals surface area (Å²) >= 11 is 0. The van der Waals surface area contributed by atoms with Crippen LogP contribution >= 0.6 is 0 Å². The molecule has 1 unspecified atom stereocenters. The van der Waals surface area contributed by atoms with E-state index in [-0.39, 0.29) is 37.1 Å². The van der Waals surface area contributed by atoms with E-state index in [1.165, 1.54) is 5.01 Å². The maximum Gasteiger partial charge on any atom is 0.262 e. The number of hydrogen-bond acceptors (Lipinski definition) is 7. The highest BCUT2D eigenvalue weighted by Crippen LogP contribution is 2.39. The molecule has 1 fully saturated rings. The number of amides is 2. The minimum Gasteiger partial charge on any atom is -0.497 e. The SMILES string of the molecule is COCCN(CC(=O)N1N=C(c2ccc(OC)cc2)CC1c1ccc2c(c1)OCO2)C(=O)C1CCC1. The summed E-state index contributed by atoms with van der Waals surface area (Å²) in [5.41, 5.74) is 2.61. The van der Waals surface area contributed by atoms with Gasteiger partial charge in [-0.2, -0.15) is 5.10 Å². The van der Waals surface area contributed by atoms with Crippen molar-refractivity contribution in [2.24, 2.45) is 11.0 Å². The third kappa shape index (κ3) is 4.88. The molecule has 5 rings (SSSR count). The van der Waals surface area contributed by atoms with E-state index in [0.29, 0.717) is 31.1 Å². The Kier molecular flexibility index (Phi) is 7.09. The molecule has 0 radical (unpaired) electrons. The van der Waals surface area contributed by atoms with Crippen LogP contribution in [0.2, 0.25) is 0 Å². The maximum atomic E-state index is 13.7. The zero-order valence-electron chi connectivity index (χ0n) is 20.6. The lowest BCUT2D eigenvalue weighted by atomic mass is 9.84. The van der Waals surface area contributed by atoms with Gasteiger partial charge in [0.2, 0.25) is 12.7 Å². The van der Waals surface area contributed by atoms with E-state index in [0.717, 1.165) is 41.9 Å². The number of hydrazone groups is 1. The van der Waals surface area contributed by atoms with Crippen LogP contribution in [0.1, 0.15) is 42.9 Å². The molecule has 0 bridgehead atoms. The van der Waals surface area contributed by atoms with Gasteiger partial charge in [-0.3, -0.25) is 9.59 Å². The number of rotatable bonds is 9. The van der Waals surface area contributed by atoms with E-state index in [1.807, 2.05) is 42.5 Å². The van der Waals surface area contributed by atoms with Gasteiger partial charge in [0.05, 0.1) is 25.5 Å². The summed E-state index contributed by atoms with van der Waals surface area (Å²) in [6.45, 7) is 0.878. The first-order chi connectivity index (χ1) is 17.6. The average Bonchev–Trinajstić information content (AvgIpc) is 3.52. The highest BCUT2D eigenvalue weighted by molar-refractivity contribution is 6.03. The number of methoxy groups -OCH3 is 2. The monoisotopic (exact) mass is 493 g/mol. The molecule has 1 aliphatic carbocycles. The summed E-state index contributed by atoms with van der Waals surface area (Å²) in [6.07, 6.45) is 3.34. The van der Waals surface area contributed by atoms with Gasteiger partial charge in [-0.15, -0.1) is 0 Å². The maximum absolute atomic E-state index is 13.7. The van der Waals surface area contributed by atoms with Gasteiger partial charge in [0.25, 0.3) is 5.91 Å². The fraction of sp³-hybridized carbons (Fsp3) is 0.444. The van der Waals surface area contributed by atoms with Gasteiger partial charge in [-0.05, 0) is 60.4 Å². The van der Waals surface area contributed by atoms with Crippen molar-refractivity contribution in [1.82, 2.24) is 9.91 Å². The van der Waals surface area contributed by atoms with Gasteiger partial charge in [0, 0.05) is 26.0 Å². The molecule has 2 aromatic carbocycles. The van der Waals surface area contributed by atoms with Crippen LogP contribution in [0.5, 0.6) is 17.2 Å². The van der Waals surface area contributed by atoms with Crippen molar-refractivity contribution in [2.75, 3.05) is 40.7 Å². The number of hydrogen-bond donors (Lipinski definition) is 0. The summed E-state index contributed by atoms with van der Waals surface area (Å²) in [5.74, 6) is 1.87. The third-order valence-electron chi connectivity index (χ3n) is 7.03. The van der Waals surface area contributed by atoms with E-state index in [2.05, 4.69) is 0 Å². The zero-order valence-corrected chi connectivity index (χ0v) is 20.6. The molecule has 1 saturated carbocycles. The fourth-order valence-electron chi connectivity index (χ4n) is 4.70. The van der Waals surface area contributed by atoms with Crippen molar-refractivity contribution in [2.45, 2.75) is 31.7 Å². The van der Waals surface area contributed by atoms with Crippen LogP contribution in [-0.4, -0.2) is 68.1 Å². The van der Waals surface area contributed by atoms with Crippen LogP contribution in [0.25, 0.3) is 0 Å². The Morgan fingerprint density at radius 3 is 2.56 bits per heavy atom. The smallest absolute Gasteiger partial charge is 0.262 e. The number of carbonyl (C=O) groups excluding carboxylic acids is 2. The molecule has 2 amide bonds. The fourth-order valence-corrected chi connectivity index (χ4v) is 4.70. The molecule has 0 spiro atoms. The molecule has 0 N–H and O–H groups in total. The third-order valence-corrected chi connectivity index (χ3v) is 7.03. The average molecular weight is 494 g/mol. The molecule has 1 atom stereocenters. The molecular formula is C27H31N3O6. The minimum absolute atomic E-state index is 0.00347. The molecule has 3 aliphatic rings. The van der Waals surface area contributed by atoms with Crippen LogP contribution in [-0.2, 0) is 14.3 Å². The second-order valence-corrected chi connectivity index (χ2v) is 9.23. The molecule has 2 aliphatic heterocycles. The summed E-state index contributed by atoms with van der Waals surface area (Å²) in [6, 6.07) is 13.0. The van der Waals surface area contributed by atoms with Gasteiger partial charge < -0.3 is 23.8 Å². The molecule has 9 heteroatoms. The first-order valence-corrected chi connectivity index (χ1v) is 12.3. The van der Waals surface area contributed by atoms with Crippen LogP contribution in [0.4, 0.5) is 0 Å². The number of nitrogens with zero attached hydrogens (tertiary/aromatic N) is 3. The second kappa shape index (κ2) is 10.6. The summed E-state index contributed by atoms with van der Waals surface area (Å²) in [7, 11) is 3.22. The predicted molar refractivity (Wildman–Crippen MR) is 132 cm³/mol. The molecule has 0 saturated heterocycles. The number of carbonyl (C=O) groups is 2. The van der Waals surface area contributed by atoms with Crippen molar-refractivity contribution in [3.05, 3.63) is 53.6 Å².